The van der Waals surface area contributed by atoms with Crippen LogP contribution in [-0.2, 0) is 14.4 Å². The zero-order valence-electron chi connectivity index (χ0n) is 10.1. The second-order valence-corrected chi connectivity index (χ2v) is 5.33. The molecule has 0 heterocycles. The van der Waals surface area contributed by atoms with Crippen LogP contribution < -0.4 is 5.48 Å². The first kappa shape index (κ1) is 13.3. The van der Waals surface area contributed by atoms with Crippen LogP contribution in [-0.4, -0.2) is 8.42 Å². The molecule has 0 unspecified atom stereocenters. The van der Waals surface area contributed by atoms with E-state index in [1.807, 2.05) is 0 Å². The van der Waals surface area contributed by atoms with Crippen molar-refractivity contribution in [3.8, 4) is 0 Å². The van der Waals surface area contributed by atoms with Gasteiger partial charge in [-0.3, -0.25) is 0 Å². The Morgan fingerprint density at radius 3 is 2.21 bits per heavy atom. The van der Waals surface area contributed by atoms with Crippen LogP contribution in [0.4, 0.5) is 5.69 Å². The zero-order valence-corrected chi connectivity index (χ0v) is 10.9. The summed E-state index contributed by atoms with van der Waals surface area (Å²) in [6.07, 6.45) is 1.70. The molecule has 19 heavy (non-hydrogen) atoms. The summed E-state index contributed by atoms with van der Waals surface area (Å²) >= 11 is 0. The van der Waals surface area contributed by atoms with Crippen molar-refractivity contribution in [1.29, 1.82) is 0 Å². The minimum atomic E-state index is -3.81. The number of anilines is 1. The topological polar surface area (TPSA) is 55.4 Å². The number of hydrogen-bond donors (Lipinski definition) is 1. The smallest absolute Gasteiger partial charge is 0.249 e. The van der Waals surface area contributed by atoms with E-state index in [-0.39, 0.29) is 4.90 Å². The van der Waals surface area contributed by atoms with Crippen molar-refractivity contribution in [1.82, 2.24) is 0 Å². The molecule has 0 aliphatic rings. The lowest BCUT2D eigenvalue weighted by atomic mass is 10.2. The molecule has 1 N–H and O–H groups in total. The summed E-state index contributed by atoms with van der Waals surface area (Å²) in [4.78, 5) is 0.102. The molecule has 0 aromatic heterocycles. The van der Waals surface area contributed by atoms with E-state index in [0.29, 0.717) is 5.69 Å². The van der Waals surface area contributed by atoms with E-state index in [1.54, 1.807) is 48.5 Å². The molecule has 2 aromatic rings. The molecule has 4 nitrogen and oxygen atoms in total. The van der Waals surface area contributed by atoms with E-state index in [0.717, 1.165) is 5.56 Å². The van der Waals surface area contributed by atoms with Crippen molar-refractivity contribution in [3.63, 3.8) is 0 Å². The van der Waals surface area contributed by atoms with Crippen molar-refractivity contribution in [3.05, 3.63) is 66.7 Å². The van der Waals surface area contributed by atoms with E-state index in [1.165, 1.54) is 12.1 Å². The maximum Gasteiger partial charge on any atom is 0.317 e. The third-order valence-corrected chi connectivity index (χ3v) is 3.60. The minimum absolute atomic E-state index is 0.102. The van der Waals surface area contributed by atoms with Gasteiger partial charge in [0.25, 0.3) is 0 Å². The molecule has 0 saturated carbocycles. The Hall–Kier alpha value is -2.11. The monoisotopic (exact) mass is 275 g/mol. The number of hydrogen-bond acceptors (Lipinski definition) is 4. The Morgan fingerprint density at radius 2 is 1.63 bits per heavy atom. The summed E-state index contributed by atoms with van der Waals surface area (Å²) in [5, 5.41) is 0. The quantitative estimate of drug-likeness (QED) is 0.852. The summed E-state index contributed by atoms with van der Waals surface area (Å²) in [5.41, 5.74) is 3.90. The Labute approximate surface area is 112 Å². The van der Waals surface area contributed by atoms with Crippen LogP contribution in [0.3, 0.4) is 0 Å². The summed E-state index contributed by atoms with van der Waals surface area (Å²) in [7, 11) is -3.81. The molecule has 2 aromatic carbocycles. The predicted molar refractivity (Wildman–Crippen MR) is 74.9 cm³/mol. The highest BCUT2D eigenvalue weighted by molar-refractivity contribution is 7.86. The number of rotatable bonds is 5. The lowest BCUT2D eigenvalue weighted by Gasteiger charge is -2.07. The van der Waals surface area contributed by atoms with Gasteiger partial charge in [0.1, 0.15) is 0 Å². The molecule has 2 rings (SSSR count). The molecule has 0 fully saturated rings. The Bertz CT molecular complexity index is 649. The van der Waals surface area contributed by atoms with Crippen molar-refractivity contribution >= 4 is 21.9 Å². The van der Waals surface area contributed by atoms with Crippen LogP contribution in [0.15, 0.2) is 66.1 Å². The molecule has 0 amide bonds. The van der Waals surface area contributed by atoms with Crippen molar-refractivity contribution in [2.24, 2.45) is 0 Å². The van der Waals surface area contributed by atoms with E-state index in [9.17, 15) is 8.42 Å². The SMILES string of the molecule is C=Cc1ccc(NOS(=O)(=O)c2ccccc2)cc1. The molecule has 98 valence electrons. The molecule has 0 atom stereocenters. The van der Waals surface area contributed by atoms with Crippen LogP contribution in [0.25, 0.3) is 6.08 Å². The lowest BCUT2D eigenvalue weighted by molar-refractivity contribution is 0.391. The van der Waals surface area contributed by atoms with E-state index >= 15 is 0 Å². The largest absolute Gasteiger partial charge is 0.317 e. The van der Waals surface area contributed by atoms with Gasteiger partial charge in [0.2, 0.25) is 0 Å². The molecular formula is C14H13NO3S. The first-order valence-electron chi connectivity index (χ1n) is 5.59. The maximum absolute atomic E-state index is 11.8. The first-order chi connectivity index (χ1) is 9.12. The van der Waals surface area contributed by atoms with Crippen LogP contribution in [0.1, 0.15) is 5.56 Å². The zero-order chi connectivity index (χ0) is 13.7. The highest BCUT2D eigenvalue weighted by Crippen LogP contribution is 2.15. The van der Waals surface area contributed by atoms with Gasteiger partial charge < -0.3 is 0 Å². The molecule has 0 aliphatic heterocycles. The van der Waals surface area contributed by atoms with Gasteiger partial charge in [-0.05, 0) is 29.8 Å². The van der Waals surface area contributed by atoms with Crippen molar-refractivity contribution in [2.75, 3.05) is 5.48 Å². The second-order valence-electron chi connectivity index (χ2n) is 3.78. The Balaban J connectivity index is 2.07. The summed E-state index contributed by atoms with van der Waals surface area (Å²) < 4.78 is 28.4. The van der Waals surface area contributed by atoms with Crippen molar-refractivity contribution in [2.45, 2.75) is 4.90 Å². The average molecular weight is 275 g/mol. The van der Waals surface area contributed by atoms with Crippen LogP contribution in [0, 0.1) is 0 Å². The summed E-state index contributed by atoms with van der Waals surface area (Å²) in [5.74, 6) is 0. The highest BCUT2D eigenvalue weighted by atomic mass is 32.2. The van der Waals surface area contributed by atoms with Gasteiger partial charge in [0, 0.05) is 0 Å². The van der Waals surface area contributed by atoms with Gasteiger partial charge in [-0.25, -0.2) is 5.48 Å². The van der Waals surface area contributed by atoms with E-state index < -0.39 is 10.1 Å². The second kappa shape index (κ2) is 5.69. The third-order valence-electron chi connectivity index (χ3n) is 2.45. The van der Waals surface area contributed by atoms with Gasteiger partial charge in [0.05, 0.1) is 10.6 Å². The molecule has 0 radical (unpaired) electrons. The summed E-state index contributed by atoms with van der Waals surface area (Å²) in [6.45, 7) is 3.64. The van der Waals surface area contributed by atoms with Gasteiger partial charge in [0.15, 0.2) is 0 Å². The number of nitrogens with one attached hydrogen (secondary N) is 1. The molecular weight excluding hydrogens is 262 g/mol. The fourth-order valence-electron chi connectivity index (χ4n) is 1.43. The van der Waals surface area contributed by atoms with Gasteiger partial charge in [-0.2, -0.15) is 8.42 Å². The maximum atomic E-state index is 11.8. The van der Waals surface area contributed by atoms with Crippen LogP contribution in [0.5, 0.6) is 0 Å². The molecule has 5 heteroatoms. The summed E-state index contributed by atoms with van der Waals surface area (Å²) in [6, 6.07) is 15.0. The van der Waals surface area contributed by atoms with Gasteiger partial charge >= 0.3 is 10.1 Å². The normalized spacial score (nSPS) is 10.9. The standard InChI is InChI=1S/C14H13NO3S/c1-2-12-8-10-13(11-9-12)15-18-19(16,17)14-6-4-3-5-7-14/h2-11,15H,1H2. The average Bonchev–Trinajstić information content (AvgIpc) is 2.47. The van der Waals surface area contributed by atoms with Crippen molar-refractivity contribution < 1.29 is 12.7 Å². The van der Waals surface area contributed by atoms with Crippen LogP contribution in [0.2, 0.25) is 0 Å². The molecule has 0 bridgehead atoms. The van der Waals surface area contributed by atoms with Gasteiger partial charge in [-0.15, -0.1) is 4.28 Å². The first-order valence-corrected chi connectivity index (χ1v) is 7.00. The molecule has 0 saturated heterocycles. The molecule has 0 aliphatic carbocycles. The Kier molecular flexibility index (Phi) is 3.99. The third kappa shape index (κ3) is 3.43. The van der Waals surface area contributed by atoms with E-state index in [4.69, 9.17) is 4.28 Å². The Morgan fingerprint density at radius 1 is 1.00 bits per heavy atom. The predicted octanol–water partition coefficient (Wildman–Crippen LogP) is 3.06. The van der Waals surface area contributed by atoms with Crippen LogP contribution >= 0.6 is 0 Å². The van der Waals surface area contributed by atoms with Gasteiger partial charge in [-0.1, -0.05) is 43.0 Å². The minimum Gasteiger partial charge on any atom is -0.249 e. The fourth-order valence-corrected chi connectivity index (χ4v) is 2.22. The lowest BCUT2D eigenvalue weighted by Crippen LogP contribution is -2.11. The fraction of sp³-hybridized carbons (Fsp3) is 0. The molecule has 0 spiro atoms. The highest BCUT2D eigenvalue weighted by Gasteiger charge is 2.14. The van der Waals surface area contributed by atoms with E-state index in [2.05, 4.69) is 12.1 Å². The number of benzene rings is 2.